The van der Waals surface area contributed by atoms with Crippen LogP contribution in [0.4, 0.5) is 0 Å². The molecule has 0 amide bonds. The first-order valence-corrected chi connectivity index (χ1v) is 7.79. The summed E-state index contributed by atoms with van der Waals surface area (Å²) in [6.45, 7) is 4.04. The monoisotopic (exact) mass is 337 g/mol. The van der Waals surface area contributed by atoms with Gasteiger partial charge in [0.1, 0.15) is 17.2 Å². The molecule has 0 atom stereocenters. The predicted octanol–water partition coefficient (Wildman–Crippen LogP) is 3.59. The molecule has 0 aliphatic rings. The fourth-order valence-electron chi connectivity index (χ4n) is 2.79. The average molecular weight is 337 g/mol. The van der Waals surface area contributed by atoms with Gasteiger partial charge < -0.3 is 9.47 Å². The molecular formula is C19H19N3O3. The van der Waals surface area contributed by atoms with Gasteiger partial charge in [-0.05, 0) is 55.3 Å². The highest BCUT2D eigenvalue weighted by atomic mass is 16.5. The Morgan fingerprint density at radius 3 is 2.44 bits per heavy atom. The Balaban J connectivity index is 2.13. The number of nitrogens with zero attached hydrogens (tertiary/aromatic N) is 2. The zero-order valence-electron chi connectivity index (χ0n) is 14.6. The number of carbonyl (C=O) groups is 1. The van der Waals surface area contributed by atoms with Crippen LogP contribution in [0.3, 0.4) is 0 Å². The zero-order chi connectivity index (χ0) is 18.0. The zero-order valence-corrected chi connectivity index (χ0v) is 14.6. The number of methoxy groups -OCH3 is 2. The lowest BCUT2D eigenvalue weighted by molar-refractivity contribution is 0.112. The van der Waals surface area contributed by atoms with E-state index in [0.717, 1.165) is 40.0 Å². The summed E-state index contributed by atoms with van der Waals surface area (Å²) < 4.78 is 10.6. The van der Waals surface area contributed by atoms with Crippen molar-refractivity contribution in [2.24, 2.45) is 0 Å². The fourth-order valence-corrected chi connectivity index (χ4v) is 2.79. The first kappa shape index (κ1) is 16.7. The molecule has 1 N–H and O–H groups in total. The number of hydrogen-bond donors (Lipinski definition) is 1. The summed E-state index contributed by atoms with van der Waals surface area (Å²) in [6.07, 6.45) is 0.769. The van der Waals surface area contributed by atoms with Gasteiger partial charge in [0.05, 0.1) is 25.5 Å². The maximum atomic E-state index is 11.3. The van der Waals surface area contributed by atoms with Gasteiger partial charge in [0.2, 0.25) is 0 Å². The molecule has 0 radical (unpaired) electrons. The lowest BCUT2D eigenvalue weighted by Crippen LogP contribution is -1.94. The Bertz CT molecular complexity index is 932. The minimum atomic E-state index is 0.471. The van der Waals surface area contributed by atoms with Crippen LogP contribution >= 0.6 is 0 Å². The van der Waals surface area contributed by atoms with E-state index >= 15 is 0 Å². The van der Waals surface area contributed by atoms with Gasteiger partial charge in [0, 0.05) is 11.1 Å². The summed E-state index contributed by atoms with van der Waals surface area (Å²) in [6, 6.07) is 9.35. The Hall–Kier alpha value is -3.15. The van der Waals surface area contributed by atoms with Crippen molar-refractivity contribution in [1.29, 1.82) is 0 Å². The molecule has 3 rings (SSSR count). The van der Waals surface area contributed by atoms with Gasteiger partial charge in [-0.3, -0.25) is 9.89 Å². The molecule has 0 aliphatic heterocycles. The summed E-state index contributed by atoms with van der Waals surface area (Å²) >= 11 is 0. The second kappa shape index (κ2) is 6.76. The van der Waals surface area contributed by atoms with E-state index in [4.69, 9.17) is 9.47 Å². The van der Waals surface area contributed by atoms with Crippen molar-refractivity contribution in [2.45, 2.75) is 13.8 Å². The molecule has 1 heterocycles. The third-order valence-electron chi connectivity index (χ3n) is 4.31. The number of rotatable bonds is 5. The first-order chi connectivity index (χ1) is 12.1. The van der Waals surface area contributed by atoms with Crippen LogP contribution in [0, 0.1) is 13.8 Å². The first-order valence-electron chi connectivity index (χ1n) is 7.79. The molecule has 6 heteroatoms. The Morgan fingerprint density at radius 1 is 1.00 bits per heavy atom. The highest BCUT2D eigenvalue weighted by Crippen LogP contribution is 2.34. The largest absolute Gasteiger partial charge is 0.496 e. The Kier molecular flexibility index (Phi) is 4.52. The number of aldehydes is 1. The van der Waals surface area contributed by atoms with E-state index in [1.54, 1.807) is 19.2 Å². The Labute approximate surface area is 145 Å². The van der Waals surface area contributed by atoms with Crippen LogP contribution in [-0.2, 0) is 0 Å². The van der Waals surface area contributed by atoms with Crippen LogP contribution in [0.15, 0.2) is 30.3 Å². The van der Waals surface area contributed by atoms with Gasteiger partial charge >= 0.3 is 0 Å². The molecule has 0 aliphatic carbocycles. The van der Waals surface area contributed by atoms with E-state index in [0.29, 0.717) is 17.0 Å². The topological polar surface area (TPSA) is 77.1 Å². The Morgan fingerprint density at radius 2 is 1.76 bits per heavy atom. The molecule has 0 bridgehead atoms. The molecule has 0 fully saturated rings. The number of hydrogen-bond acceptors (Lipinski definition) is 5. The molecule has 128 valence electrons. The van der Waals surface area contributed by atoms with Gasteiger partial charge in [-0.2, -0.15) is 0 Å². The van der Waals surface area contributed by atoms with Crippen molar-refractivity contribution >= 4 is 6.29 Å². The summed E-state index contributed by atoms with van der Waals surface area (Å²) in [5.41, 5.74) is 5.79. The predicted molar refractivity (Wildman–Crippen MR) is 95.2 cm³/mol. The smallest absolute Gasteiger partial charge is 0.153 e. The molecule has 2 aromatic carbocycles. The standard InChI is InChI=1S/C19H19N3O3/c1-11-7-14(9-17(25-4)12(11)2)19-18(20-22-21-19)13-5-6-16(24-3)15(8-13)10-23/h5-10H,1-4H3,(H,20,21,22). The van der Waals surface area contributed by atoms with E-state index in [1.807, 2.05) is 32.0 Å². The number of aryl methyl sites for hydroxylation is 1. The van der Waals surface area contributed by atoms with Crippen LogP contribution in [0.1, 0.15) is 21.5 Å². The normalized spacial score (nSPS) is 10.6. The molecule has 3 aromatic rings. The van der Waals surface area contributed by atoms with Gasteiger partial charge in [0.15, 0.2) is 6.29 Å². The maximum Gasteiger partial charge on any atom is 0.153 e. The summed E-state index contributed by atoms with van der Waals surface area (Å²) in [5, 5.41) is 11.1. The minimum Gasteiger partial charge on any atom is -0.496 e. The van der Waals surface area contributed by atoms with E-state index in [-0.39, 0.29) is 0 Å². The minimum absolute atomic E-state index is 0.471. The summed E-state index contributed by atoms with van der Waals surface area (Å²) in [4.78, 5) is 11.3. The third kappa shape index (κ3) is 2.98. The van der Waals surface area contributed by atoms with Gasteiger partial charge in [-0.25, -0.2) is 0 Å². The van der Waals surface area contributed by atoms with Gasteiger partial charge in [-0.1, -0.05) is 5.21 Å². The van der Waals surface area contributed by atoms with E-state index in [1.165, 1.54) is 7.11 Å². The van der Waals surface area contributed by atoms with E-state index in [9.17, 15) is 4.79 Å². The second-order valence-electron chi connectivity index (χ2n) is 5.73. The van der Waals surface area contributed by atoms with Crippen LogP contribution in [-0.4, -0.2) is 35.9 Å². The van der Waals surface area contributed by atoms with Crippen LogP contribution < -0.4 is 9.47 Å². The summed E-state index contributed by atoms with van der Waals surface area (Å²) in [5.74, 6) is 1.33. The molecular weight excluding hydrogens is 318 g/mol. The molecule has 6 nitrogen and oxygen atoms in total. The highest BCUT2D eigenvalue weighted by Gasteiger charge is 2.16. The van der Waals surface area contributed by atoms with Crippen molar-refractivity contribution in [3.8, 4) is 34.0 Å². The molecule has 0 unspecified atom stereocenters. The quantitative estimate of drug-likeness (QED) is 0.720. The molecule has 0 saturated heterocycles. The lowest BCUT2D eigenvalue weighted by Gasteiger charge is -2.11. The molecule has 25 heavy (non-hydrogen) atoms. The number of aromatic nitrogens is 3. The van der Waals surface area contributed by atoms with Gasteiger partial charge in [-0.15, -0.1) is 5.10 Å². The summed E-state index contributed by atoms with van der Waals surface area (Å²) in [7, 11) is 3.18. The molecule has 1 aromatic heterocycles. The number of H-pyrrole nitrogens is 1. The van der Waals surface area contributed by atoms with Crippen molar-refractivity contribution in [1.82, 2.24) is 15.4 Å². The van der Waals surface area contributed by atoms with Crippen molar-refractivity contribution in [3.05, 3.63) is 47.0 Å². The fraction of sp³-hybridized carbons (Fsp3) is 0.211. The van der Waals surface area contributed by atoms with Crippen LogP contribution in [0.5, 0.6) is 11.5 Å². The van der Waals surface area contributed by atoms with Crippen LogP contribution in [0.25, 0.3) is 22.5 Å². The highest BCUT2D eigenvalue weighted by molar-refractivity contribution is 5.85. The average Bonchev–Trinajstić information content (AvgIpc) is 3.13. The van der Waals surface area contributed by atoms with Crippen LogP contribution in [0.2, 0.25) is 0 Å². The SMILES string of the molecule is COc1ccc(-c2[nH]nnc2-c2cc(C)c(C)c(OC)c2)cc1C=O. The number of ether oxygens (including phenoxy) is 2. The van der Waals surface area contributed by atoms with Crippen molar-refractivity contribution in [2.75, 3.05) is 14.2 Å². The third-order valence-corrected chi connectivity index (χ3v) is 4.31. The number of benzene rings is 2. The number of nitrogens with one attached hydrogen (secondary N) is 1. The maximum absolute atomic E-state index is 11.3. The van der Waals surface area contributed by atoms with Crippen molar-refractivity contribution in [3.63, 3.8) is 0 Å². The lowest BCUT2D eigenvalue weighted by atomic mass is 9.99. The van der Waals surface area contributed by atoms with E-state index in [2.05, 4.69) is 15.4 Å². The molecule has 0 saturated carbocycles. The number of aromatic amines is 1. The van der Waals surface area contributed by atoms with E-state index < -0.39 is 0 Å². The van der Waals surface area contributed by atoms with Crippen molar-refractivity contribution < 1.29 is 14.3 Å². The molecule has 0 spiro atoms. The number of carbonyl (C=O) groups excluding carboxylic acids is 1. The second-order valence-corrected chi connectivity index (χ2v) is 5.73. The van der Waals surface area contributed by atoms with Gasteiger partial charge in [0.25, 0.3) is 0 Å².